The Labute approximate surface area is 85.0 Å². The summed E-state index contributed by atoms with van der Waals surface area (Å²) < 4.78 is 18.6. The van der Waals surface area contributed by atoms with Gasteiger partial charge >= 0.3 is 0 Å². The summed E-state index contributed by atoms with van der Waals surface area (Å²) in [6.45, 7) is 2.30. The van der Waals surface area contributed by atoms with Crippen LogP contribution in [0.25, 0.3) is 0 Å². The van der Waals surface area contributed by atoms with Crippen molar-refractivity contribution in [2.24, 2.45) is 5.73 Å². The van der Waals surface area contributed by atoms with Crippen LogP contribution in [0, 0.1) is 5.82 Å². The van der Waals surface area contributed by atoms with Crippen molar-refractivity contribution in [2.75, 3.05) is 6.54 Å². The molecule has 1 aromatic rings. The molecular weight excluding hydrogens is 237 g/mol. The first-order valence-corrected chi connectivity index (χ1v) is 4.74. The molecule has 1 atom stereocenters. The zero-order valence-electron chi connectivity index (χ0n) is 7.26. The van der Waals surface area contributed by atoms with Crippen LogP contribution in [0.1, 0.15) is 6.92 Å². The van der Waals surface area contributed by atoms with Crippen LogP contribution in [0.3, 0.4) is 0 Å². The molecule has 72 valence electrons. The minimum atomic E-state index is -0.298. The average molecular weight is 248 g/mol. The van der Waals surface area contributed by atoms with Crippen LogP contribution >= 0.6 is 15.9 Å². The van der Waals surface area contributed by atoms with Crippen molar-refractivity contribution in [3.63, 3.8) is 0 Å². The van der Waals surface area contributed by atoms with E-state index in [1.807, 2.05) is 6.92 Å². The van der Waals surface area contributed by atoms with E-state index in [4.69, 9.17) is 10.5 Å². The van der Waals surface area contributed by atoms with Gasteiger partial charge in [0.15, 0.2) is 0 Å². The smallest absolute Gasteiger partial charge is 0.137 e. The molecule has 0 amide bonds. The number of nitrogens with two attached hydrogens (primary N) is 1. The normalized spacial score (nSPS) is 12.6. The number of ether oxygens (including phenoxy) is 1. The monoisotopic (exact) mass is 247 g/mol. The zero-order valence-corrected chi connectivity index (χ0v) is 8.84. The van der Waals surface area contributed by atoms with Gasteiger partial charge in [-0.25, -0.2) is 4.39 Å². The molecule has 0 aromatic heterocycles. The summed E-state index contributed by atoms with van der Waals surface area (Å²) in [6.07, 6.45) is -0.0580. The third kappa shape index (κ3) is 2.97. The molecule has 0 saturated heterocycles. The maximum Gasteiger partial charge on any atom is 0.137 e. The van der Waals surface area contributed by atoms with Crippen molar-refractivity contribution in [2.45, 2.75) is 13.0 Å². The highest BCUT2D eigenvalue weighted by atomic mass is 79.9. The predicted octanol–water partition coefficient (Wildman–Crippen LogP) is 2.31. The summed E-state index contributed by atoms with van der Waals surface area (Å²) in [4.78, 5) is 0. The van der Waals surface area contributed by atoms with E-state index < -0.39 is 0 Å². The van der Waals surface area contributed by atoms with E-state index in [-0.39, 0.29) is 11.9 Å². The van der Waals surface area contributed by atoms with Crippen LogP contribution < -0.4 is 10.5 Å². The fourth-order valence-corrected chi connectivity index (χ4v) is 1.19. The van der Waals surface area contributed by atoms with Gasteiger partial charge in [0, 0.05) is 6.54 Å². The van der Waals surface area contributed by atoms with Gasteiger partial charge in [-0.05, 0) is 41.1 Å². The standard InChI is InChI=1S/C9H11BrFNO/c1-6(5-12)13-7-2-3-9(11)8(10)4-7/h2-4,6H,5,12H2,1H3. The molecule has 0 aliphatic rings. The molecule has 0 fully saturated rings. The summed E-state index contributed by atoms with van der Waals surface area (Å²) in [5.41, 5.74) is 5.38. The van der Waals surface area contributed by atoms with Gasteiger partial charge in [0.2, 0.25) is 0 Å². The zero-order chi connectivity index (χ0) is 9.84. The molecule has 0 aliphatic carbocycles. The number of hydrogen-bond donors (Lipinski definition) is 1. The molecule has 0 aliphatic heterocycles. The van der Waals surface area contributed by atoms with Crippen molar-refractivity contribution >= 4 is 15.9 Å². The molecule has 0 bridgehead atoms. The molecule has 2 N–H and O–H groups in total. The van der Waals surface area contributed by atoms with Gasteiger partial charge in [0.1, 0.15) is 17.7 Å². The molecule has 0 radical (unpaired) electrons. The average Bonchev–Trinajstić information content (AvgIpc) is 2.11. The second-order valence-electron chi connectivity index (χ2n) is 2.74. The van der Waals surface area contributed by atoms with Crippen LogP contribution in [-0.2, 0) is 0 Å². The molecule has 1 aromatic carbocycles. The fourth-order valence-electron chi connectivity index (χ4n) is 0.831. The van der Waals surface area contributed by atoms with E-state index in [1.54, 1.807) is 12.1 Å². The summed E-state index contributed by atoms with van der Waals surface area (Å²) >= 11 is 3.07. The van der Waals surface area contributed by atoms with E-state index in [9.17, 15) is 4.39 Å². The summed E-state index contributed by atoms with van der Waals surface area (Å²) in [5, 5.41) is 0. The Balaban J connectivity index is 2.73. The highest BCUT2D eigenvalue weighted by Crippen LogP contribution is 2.22. The maximum atomic E-state index is 12.8. The molecular formula is C9H11BrFNO. The van der Waals surface area contributed by atoms with Gasteiger partial charge in [0.05, 0.1) is 4.47 Å². The Bertz CT molecular complexity index is 293. The molecule has 13 heavy (non-hydrogen) atoms. The van der Waals surface area contributed by atoms with Crippen LogP contribution in [0.5, 0.6) is 5.75 Å². The Hall–Kier alpha value is -0.610. The Morgan fingerprint density at radius 2 is 2.31 bits per heavy atom. The number of rotatable bonds is 3. The lowest BCUT2D eigenvalue weighted by atomic mass is 10.3. The van der Waals surface area contributed by atoms with Crippen LogP contribution in [0.2, 0.25) is 0 Å². The van der Waals surface area contributed by atoms with E-state index in [0.29, 0.717) is 16.8 Å². The lowest BCUT2D eigenvalue weighted by molar-refractivity contribution is 0.229. The van der Waals surface area contributed by atoms with Crippen LogP contribution in [0.4, 0.5) is 4.39 Å². The third-order valence-corrected chi connectivity index (χ3v) is 2.17. The van der Waals surface area contributed by atoms with E-state index in [0.717, 1.165) is 0 Å². The van der Waals surface area contributed by atoms with Gasteiger partial charge in [-0.3, -0.25) is 0 Å². The number of hydrogen-bond acceptors (Lipinski definition) is 2. The Kier molecular flexibility index (Phi) is 3.69. The number of halogens is 2. The molecule has 1 rings (SSSR count). The SMILES string of the molecule is CC(CN)Oc1ccc(F)c(Br)c1. The van der Waals surface area contributed by atoms with Gasteiger partial charge in [-0.1, -0.05) is 0 Å². The largest absolute Gasteiger partial charge is 0.489 e. The Morgan fingerprint density at radius 1 is 1.62 bits per heavy atom. The summed E-state index contributed by atoms with van der Waals surface area (Å²) in [6, 6.07) is 4.51. The first kappa shape index (κ1) is 10.5. The quantitative estimate of drug-likeness (QED) is 0.890. The summed E-state index contributed by atoms with van der Waals surface area (Å²) in [5.74, 6) is 0.318. The minimum absolute atomic E-state index is 0.0580. The van der Waals surface area contributed by atoms with Crippen molar-refractivity contribution in [1.29, 1.82) is 0 Å². The third-order valence-electron chi connectivity index (χ3n) is 1.56. The van der Waals surface area contributed by atoms with Gasteiger partial charge in [-0.2, -0.15) is 0 Å². The topological polar surface area (TPSA) is 35.2 Å². The first-order chi connectivity index (χ1) is 6.13. The van der Waals surface area contributed by atoms with Crippen LogP contribution in [0.15, 0.2) is 22.7 Å². The van der Waals surface area contributed by atoms with Crippen molar-refractivity contribution in [1.82, 2.24) is 0 Å². The summed E-state index contributed by atoms with van der Waals surface area (Å²) in [7, 11) is 0. The second-order valence-corrected chi connectivity index (χ2v) is 3.59. The van der Waals surface area contributed by atoms with Crippen LogP contribution in [-0.4, -0.2) is 12.6 Å². The molecule has 0 saturated carbocycles. The molecule has 2 nitrogen and oxygen atoms in total. The Morgan fingerprint density at radius 3 is 2.85 bits per heavy atom. The van der Waals surface area contributed by atoms with Crippen molar-refractivity contribution in [3.05, 3.63) is 28.5 Å². The highest BCUT2D eigenvalue weighted by molar-refractivity contribution is 9.10. The maximum absolute atomic E-state index is 12.8. The number of benzene rings is 1. The molecule has 0 spiro atoms. The first-order valence-electron chi connectivity index (χ1n) is 3.95. The van der Waals surface area contributed by atoms with E-state index in [2.05, 4.69) is 15.9 Å². The molecule has 0 heterocycles. The lowest BCUT2D eigenvalue weighted by Gasteiger charge is -2.12. The lowest BCUT2D eigenvalue weighted by Crippen LogP contribution is -2.22. The van der Waals surface area contributed by atoms with Crippen molar-refractivity contribution in [3.8, 4) is 5.75 Å². The molecule has 1 unspecified atom stereocenters. The predicted molar refractivity (Wildman–Crippen MR) is 53.2 cm³/mol. The van der Waals surface area contributed by atoms with Crippen molar-refractivity contribution < 1.29 is 9.13 Å². The van der Waals surface area contributed by atoms with Gasteiger partial charge in [-0.15, -0.1) is 0 Å². The van der Waals surface area contributed by atoms with E-state index in [1.165, 1.54) is 6.07 Å². The van der Waals surface area contributed by atoms with E-state index >= 15 is 0 Å². The van der Waals surface area contributed by atoms with Gasteiger partial charge < -0.3 is 10.5 Å². The second kappa shape index (κ2) is 4.58. The molecule has 4 heteroatoms. The fraction of sp³-hybridized carbons (Fsp3) is 0.333. The minimum Gasteiger partial charge on any atom is -0.489 e. The van der Waals surface area contributed by atoms with Gasteiger partial charge in [0.25, 0.3) is 0 Å². The highest BCUT2D eigenvalue weighted by Gasteiger charge is 2.04.